The van der Waals surface area contributed by atoms with Gasteiger partial charge in [-0.1, -0.05) is 6.07 Å². The zero-order valence-corrected chi connectivity index (χ0v) is 14.8. The van der Waals surface area contributed by atoms with E-state index in [1.165, 1.54) is 0 Å². The zero-order chi connectivity index (χ0) is 17.9. The number of aromatic nitrogens is 4. The maximum atomic E-state index is 5.75. The van der Waals surface area contributed by atoms with Crippen molar-refractivity contribution in [1.29, 1.82) is 0 Å². The minimum Gasteiger partial charge on any atom is -0.492 e. The van der Waals surface area contributed by atoms with Crippen LogP contribution in [0.15, 0.2) is 54.9 Å². The highest BCUT2D eigenvalue weighted by molar-refractivity contribution is 5.82. The number of anilines is 2. The van der Waals surface area contributed by atoms with E-state index in [9.17, 15) is 0 Å². The smallest absolute Gasteiger partial charge is 0.247 e. The molecule has 0 fully saturated rings. The number of hydrogen-bond donors (Lipinski definition) is 1. The Kier molecular flexibility index (Phi) is 4.37. The van der Waals surface area contributed by atoms with Crippen molar-refractivity contribution < 1.29 is 4.74 Å². The summed E-state index contributed by atoms with van der Waals surface area (Å²) in [5, 5.41) is 8.76. The first-order valence-corrected chi connectivity index (χ1v) is 8.43. The van der Waals surface area contributed by atoms with E-state index < -0.39 is 0 Å². The molecule has 0 amide bonds. The average molecular weight is 348 g/mol. The van der Waals surface area contributed by atoms with Gasteiger partial charge in [0.05, 0.1) is 5.52 Å². The van der Waals surface area contributed by atoms with Gasteiger partial charge in [0, 0.05) is 36.1 Å². The van der Waals surface area contributed by atoms with E-state index in [1.54, 1.807) is 10.7 Å². The molecule has 0 spiro atoms. The van der Waals surface area contributed by atoms with E-state index >= 15 is 0 Å². The van der Waals surface area contributed by atoms with Gasteiger partial charge in [0.15, 0.2) is 5.65 Å². The van der Waals surface area contributed by atoms with E-state index in [4.69, 9.17) is 4.74 Å². The largest absolute Gasteiger partial charge is 0.492 e. The van der Waals surface area contributed by atoms with Crippen molar-refractivity contribution in [2.75, 3.05) is 32.6 Å². The van der Waals surface area contributed by atoms with Crippen molar-refractivity contribution >= 4 is 28.2 Å². The number of benzene rings is 1. The molecule has 0 aliphatic heterocycles. The standard InChI is InChI=1S/C19H20N6O/c1-24(2)10-11-26-16-7-9-25-18(13-16)22-19(23-25)21-15-5-6-17-14(12-15)4-3-8-20-17/h3-9,12-13H,10-11H2,1-2H3,(H,21,23). The van der Waals surface area contributed by atoms with Gasteiger partial charge in [0.1, 0.15) is 12.4 Å². The fourth-order valence-corrected chi connectivity index (χ4v) is 2.63. The lowest BCUT2D eigenvalue weighted by atomic mass is 10.2. The Morgan fingerprint density at radius 1 is 1.15 bits per heavy atom. The van der Waals surface area contributed by atoms with Crippen LogP contribution in [0.4, 0.5) is 11.6 Å². The zero-order valence-electron chi connectivity index (χ0n) is 14.8. The predicted octanol–water partition coefficient (Wildman–Crippen LogP) is 2.96. The van der Waals surface area contributed by atoms with Crippen molar-refractivity contribution in [3.05, 3.63) is 54.9 Å². The topological polar surface area (TPSA) is 67.6 Å². The SMILES string of the molecule is CN(C)CCOc1ccn2nc(Nc3ccc4ncccc4c3)nc2c1. The van der Waals surface area contributed by atoms with E-state index in [1.807, 2.05) is 62.8 Å². The Bertz CT molecular complexity index is 1040. The predicted molar refractivity (Wildman–Crippen MR) is 102 cm³/mol. The molecule has 0 aliphatic carbocycles. The highest BCUT2D eigenvalue weighted by Gasteiger charge is 2.06. The van der Waals surface area contributed by atoms with Gasteiger partial charge in [-0.05, 0) is 44.4 Å². The van der Waals surface area contributed by atoms with Crippen molar-refractivity contribution in [3.8, 4) is 5.75 Å². The Labute approximate surface area is 151 Å². The average Bonchev–Trinajstić information content (AvgIpc) is 3.03. The molecule has 4 aromatic rings. The highest BCUT2D eigenvalue weighted by atomic mass is 16.5. The molecular formula is C19H20N6O. The van der Waals surface area contributed by atoms with Gasteiger partial charge >= 0.3 is 0 Å². The second-order valence-electron chi connectivity index (χ2n) is 6.29. The second-order valence-corrected chi connectivity index (χ2v) is 6.29. The van der Waals surface area contributed by atoms with Gasteiger partial charge in [-0.25, -0.2) is 4.52 Å². The maximum Gasteiger partial charge on any atom is 0.247 e. The Morgan fingerprint density at radius 3 is 2.96 bits per heavy atom. The van der Waals surface area contributed by atoms with Crippen LogP contribution in [0, 0.1) is 0 Å². The van der Waals surface area contributed by atoms with E-state index in [-0.39, 0.29) is 0 Å². The maximum absolute atomic E-state index is 5.75. The summed E-state index contributed by atoms with van der Waals surface area (Å²) < 4.78 is 7.48. The minimum absolute atomic E-state index is 0.540. The summed E-state index contributed by atoms with van der Waals surface area (Å²) in [6.07, 6.45) is 3.64. The molecule has 0 radical (unpaired) electrons. The molecule has 26 heavy (non-hydrogen) atoms. The van der Waals surface area contributed by atoms with Gasteiger partial charge in [0.2, 0.25) is 5.95 Å². The molecule has 0 saturated carbocycles. The molecule has 0 saturated heterocycles. The van der Waals surface area contributed by atoms with Crippen molar-refractivity contribution in [2.24, 2.45) is 0 Å². The van der Waals surface area contributed by atoms with Gasteiger partial charge in [-0.15, -0.1) is 5.10 Å². The third-order valence-electron chi connectivity index (χ3n) is 3.98. The summed E-state index contributed by atoms with van der Waals surface area (Å²) in [4.78, 5) is 10.9. The number of likely N-dealkylation sites (N-methyl/N-ethyl adjacent to an activating group) is 1. The van der Waals surface area contributed by atoms with Gasteiger partial charge in [-0.2, -0.15) is 4.98 Å². The van der Waals surface area contributed by atoms with E-state index in [2.05, 4.69) is 25.3 Å². The normalized spacial score (nSPS) is 11.3. The van der Waals surface area contributed by atoms with Gasteiger partial charge in [0.25, 0.3) is 0 Å². The number of pyridine rings is 2. The van der Waals surface area contributed by atoms with Crippen LogP contribution >= 0.6 is 0 Å². The molecule has 1 aromatic carbocycles. The Balaban J connectivity index is 1.52. The molecule has 0 aliphatic rings. The summed E-state index contributed by atoms with van der Waals surface area (Å²) in [6, 6.07) is 13.7. The van der Waals surface area contributed by atoms with Crippen LogP contribution in [0.5, 0.6) is 5.75 Å². The number of ether oxygens (including phenoxy) is 1. The number of nitrogens with one attached hydrogen (secondary N) is 1. The molecule has 0 atom stereocenters. The van der Waals surface area contributed by atoms with Crippen LogP contribution < -0.4 is 10.1 Å². The minimum atomic E-state index is 0.540. The fraction of sp³-hybridized carbons (Fsp3) is 0.211. The third kappa shape index (κ3) is 3.57. The molecule has 4 rings (SSSR count). The Morgan fingerprint density at radius 2 is 2.08 bits per heavy atom. The quantitative estimate of drug-likeness (QED) is 0.578. The molecule has 3 aromatic heterocycles. The number of hydrogen-bond acceptors (Lipinski definition) is 6. The molecule has 0 unspecified atom stereocenters. The van der Waals surface area contributed by atoms with Crippen LogP contribution in [-0.2, 0) is 0 Å². The second kappa shape index (κ2) is 6.97. The molecule has 0 bridgehead atoms. The molecule has 3 heterocycles. The van der Waals surface area contributed by atoms with Crippen LogP contribution in [-0.4, -0.2) is 51.7 Å². The fourth-order valence-electron chi connectivity index (χ4n) is 2.63. The molecule has 7 nitrogen and oxygen atoms in total. The lowest BCUT2D eigenvalue weighted by Crippen LogP contribution is -2.19. The summed E-state index contributed by atoms with van der Waals surface area (Å²) in [7, 11) is 4.04. The van der Waals surface area contributed by atoms with Crippen molar-refractivity contribution in [2.45, 2.75) is 0 Å². The van der Waals surface area contributed by atoms with Crippen molar-refractivity contribution in [1.82, 2.24) is 24.5 Å². The van der Waals surface area contributed by atoms with Crippen LogP contribution in [0.3, 0.4) is 0 Å². The molecule has 1 N–H and O–H groups in total. The molecule has 132 valence electrons. The first-order chi connectivity index (χ1) is 12.7. The van der Waals surface area contributed by atoms with Gasteiger partial charge < -0.3 is 15.0 Å². The summed E-state index contributed by atoms with van der Waals surface area (Å²) in [5.41, 5.74) is 2.61. The molecular weight excluding hydrogens is 328 g/mol. The third-order valence-corrected chi connectivity index (χ3v) is 3.98. The lowest BCUT2D eigenvalue weighted by molar-refractivity contribution is 0.261. The molecule has 7 heteroatoms. The summed E-state index contributed by atoms with van der Waals surface area (Å²) in [6.45, 7) is 1.50. The number of rotatable bonds is 6. The van der Waals surface area contributed by atoms with E-state index in [0.29, 0.717) is 12.6 Å². The van der Waals surface area contributed by atoms with Crippen molar-refractivity contribution in [3.63, 3.8) is 0 Å². The highest BCUT2D eigenvalue weighted by Crippen LogP contribution is 2.21. The first-order valence-electron chi connectivity index (χ1n) is 8.43. The number of fused-ring (bicyclic) bond motifs is 2. The Hall–Kier alpha value is -3.19. The lowest BCUT2D eigenvalue weighted by Gasteiger charge is -2.10. The van der Waals surface area contributed by atoms with Gasteiger partial charge in [-0.3, -0.25) is 4.98 Å². The van der Waals surface area contributed by atoms with Crippen LogP contribution in [0.2, 0.25) is 0 Å². The van der Waals surface area contributed by atoms with Crippen LogP contribution in [0.1, 0.15) is 0 Å². The summed E-state index contributed by atoms with van der Waals surface area (Å²) in [5.74, 6) is 1.33. The first kappa shape index (κ1) is 16.3. The van der Waals surface area contributed by atoms with E-state index in [0.717, 1.165) is 34.5 Å². The summed E-state index contributed by atoms with van der Waals surface area (Å²) >= 11 is 0. The number of nitrogens with zero attached hydrogens (tertiary/aromatic N) is 5. The van der Waals surface area contributed by atoms with Crippen LogP contribution in [0.25, 0.3) is 16.6 Å². The monoisotopic (exact) mass is 348 g/mol.